The second-order valence-electron chi connectivity index (χ2n) is 4.46. The lowest BCUT2D eigenvalue weighted by atomic mass is 9.82. The fourth-order valence-electron chi connectivity index (χ4n) is 1.75. The molecule has 0 amide bonds. The molecule has 5 heteroatoms. The maximum absolute atomic E-state index is 11.8. The Bertz CT molecular complexity index is 401. The summed E-state index contributed by atoms with van der Waals surface area (Å²) >= 11 is 0. The summed E-state index contributed by atoms with van der Waals surface area (Å²) in [7, 11) is 1.71. The van der Waals surface area contributed by atoms with Crippen LogP contribution < -0.4 is 16.6 Å². The van der Waals surface area contributed by atoms with E-state index in [-0.39, 0.29) is 11.0 Å². The first kappa shape index (κ1) is 13.7. The van der Waals surface area contributed by atoms with Crippen LogP contribution in [0.15, 0.2) is 17.2 Å². The molecule has 5 nitrogen and oxygen atoms in total. The van der Waals surface area contributed by atoms with E-state index in [1.54, 1.807) is 19.4 Å². The Labute approximate surface area is 102 Å². The fraction of sp³-hybridized carbons (Fsp3) is 0.667. The first-order valence-corrected chi connectivity index (χ1v) is 6.04. The third kappa shape index (κ3) is 3.06. The number of aromatic nitrogens is 2. The number of rotatable bonds is 6. The number of nitrogens with zero attached hydrogens (tertiary/aromatic N) is 2. The minimum Gasteiger partial charge on any atom is -0.365 e. The van der Waals surface area contributed by atoms with E-state index in [1.165, 1.54) is 4.57 Å². The van der Waals surface area contributed by atoms with E-state index in [4.69, 9.17) is 5.73 Å². The number of nitrogens with two attached hydrogens (primary N) is 1. The van der Waals surface area contributed by atoms with Gasteiger partial charge in [-0.1, -0.05) is 13.8 Å². The molecule has 1 aromatic heterocycles. The summed E-state index contributed by atoms with van der Waals surface area (Å²) in [5, 5.41) is 3.12. The lowest BCUT2D eigenvalue weighted by Crippen LogP contribution is -2.37. The van der Waals surface area contributed by atoms with Crippen LogP contribution in [0, 0.1) is 5.41 Å². The molecule has 3 N–H and O–H groups in total. The third-order valence-electron chi connectivity index (χ3n) is 3.58. The van der Waals surface area contributed by atoms with Gasteiger partial charge >= 0.3 is 0 Å². The first-order chi connectivity index (χ1) is 8.08. The fourth-order valence-corrected chi connectivity index (χ4v) is 1.75. The molecule has 0 aliphatic heterocycles. The van der Waals surface area contributed by atoms with Crippen molar-refractivity contribution >= 4 is 5.82 Å². The first-order valence-electron chi connectivity index (χ1n) is 6.04. The Kier molecular flexibility index (Phi) is 4.69. The van der Waals surface area contributed by atoms with Gasteiger partial charge in [0.25, 0.3) is 5.56 Å². The number of anilines is 1. The lowest BCUT2D eigenvalue weighted by Gasteiger charge is -2.30. The minimum absolute atomic E-state index is 0.0442. The van der Waals surface area contributed by atoms with Gasteiger partial charge < -0.3 is 15.6 Å². The Morgan fingerprint density at radius 3 is 2.65 bits per heavy atom. The predicted octanol–water partition coefficient (Wildman–Crippen LogP) is 0.957. The topological polar surface area (TPSA) is 72.9 Å². The van der Waals surface area contributed by atoms with Gasteiger partial charge in [0.1, 0.15) is 0 Å². The molecule has 0 aliphatic carbocycles. The Balaban J connectivity index is 2.79. The van der Waals surface area contributed by atoms with Crippen LogP contribution in [0.5, 0.6) is 0 Å². The van der Waals surface area contributed by atoms with Crippen molar-refractivity contribution in [1.29, 1.82) is 0 Å². The standard InChI is InChI=1S/C12H22N4O/c1-4-12(5-2,8-13)9-15-10-11(17)16(3)7-6-14-10/h6-7H,4-5,8-9,13H2,1-3H3,(H,14,15). The van der Waals surface area contributed by atoms with E-state index in [0.29, 0.717) is 18.9 Å². The molecule has 96 valence electrons. The molecule has 0 saturated heterocycles. The van der Waals surface area contributed by atoms with Crippen molar-refractivity contribution in [3.63, 3.8) is 0 Å². The zero-order valence-corrected chi connectivity index (χ0v) is 10.9. The summed E-state index contributed by atoms with van der Waals surface area (Å²) in [6.07, 6.45) is 5.23. The van der Waals surface area contributed by atoms with Crippen LogP contribution in [0.25, 0.3) is 0 Å². The SMILES string of the molecule is CCC(CC)(CN)CNc1nccn(C)c1=O. The maximum atomic E-state index is 11.8. The molecule has 0 aliphatic rings. The van der Waals surface area contributed by atoms with Gasteiger partial charge in [0.2, 0.25) is 0 Å². The molecule has 17 heavy (non-hydrogen) atoms. The highest BCUT2D eigenvalue weighted by Gasteiger charge is 2.24. The van der Waals surface area contributed by atoms with E-state index in [2.05, 4.69) is 24.1 Å². The molecule has 1 aromatic rings. The molecule has 0 saturated carbocycles. The van der Waals surface area contributed by atoms with E-state index in [1.807, 2.05) is 0 Å². The van der Waals surface area contributed by atoms with Crippen LogP contribution in [-0.2, 0) is 7.05 Å². The summed E-state index contributed by atoms with van der Waals surface area (Å²) in [6, 6.07) is 0. The Morgan fingerprint density at radius 2 is 2.12 bits per heavy atom. The van der Waals surface area contributed by atoms with Crippen LogP contribution in [0.3, 0.4) is 0 Å². The van der Waals surface area contributed by atoms with Gasteiger partial charge in [-0.05, 0) is 24.8 Å². The molecule has 0 aromatic carbocycles. The smallest absolute Gasteiger partial charge is 0.293 e. The average Bonchev–Trinajstić information content (AvgIpc) is 2.36. The van der Waals surface area contributed by atoms with Gasteiger partial charge in [-0.3, -0.25) is 4.79 Å². The molecule has 1 heterocycles. The summed E-state index contributed by atoms with van der Waals surface area (Å²) in [5.74, 6) is 0.398. The highest BCUT2D eigenvalue weighted by atomic mass is 16.1. The van der Waals surface area contributed by atoms with Crippen molar-refractivity contribution in [3.05, 3.63) is 22.7 Å². The minimum atomic E-state index is -0.106. The number of nitrogens with one attached hydrogen (secondary N) is 1. The summed E-state index contributed by atoms with van der Waals surface area (Å²) in [6.45, 7) is 5.53. The van der Waals surface area contributed by atoms with Gasteiger partial charge in [0.15, 0.2) is 5.82 Å². The molecular weight excluding hydrogens is 216 g/mol. The summed E-state index contributed by atoms with van der Waals surface area (Å²) < 4.78 is 1.51. The monoisotopic (exact) mass is 238 g/mol. The summed E-state index contributed by atoms with van der Waals surface area (Å²) in [5.41, 5.74) is 5.76. The van der Waals surface area contributed by atoms with Crippen molar-refractivity contribution in [2.24, 2.45) is 18.2 Å². The predicted molar refractivity (Wildman–Crippen MR) is 70.0 cm³/mol. The Morgan fingerprint density at radius 1 is 1.47 bits per heavy atom. The molecule has 0 bridgehead atoms. The zero-order valence-electron chi connectivity index (χ0n) is 10.9. The van der Waals surface area contributed by atoms with Gasteiger partial charge in [-0.2, -0.15) is 0 Å². The largest absolute Gasteiger partial charge is 0.365 e. The van der Waals surface area contributed by atoms with E-state index in [0.717, 1.165) is 12.8 Å². The van der Waals surface area contributed by atoms with E-state index < -0.39 is 0 Å². The zero-order chi connectivity index (χ0) is 12.9. The van der Waals surface area contributed by atoms with Crippen molar-refractivity contribution in [3.8, 4) is 0 Å². The maximum Gasteiger partial charge on any atom is 0.293 e. The normalized spacial score (nSPS) is 11.5. The molecule has 0 unspecified atom stereocenters. The second-order valence-corrected chi connectivity index (χ2v) is 4.46. The molecule has 0 spiro atoms. The van der Waals surface area contributed by atoms with Crippen molar-refractivity contribution in [2.75, 3.05) is 18.4 Å². The highest BCUT2D eigenvalue weighted by molar-refractivity contribution is 5.31. The Hall–Kier alpha value is -1.36. The third-order valence-corrected chi connectivity index (χ3v) is 3.58. The molecular formula is C12H22N4O. The number of aryl methyl sites for hydroxylation is 1. The van der Waals surface area contributed by atoms with E-state index in [9.17, 15) is 4.79 Å². The number of hydrogen-bond donors (Lipinski definition) is 2. The van der Waals surface area contributed by atoms with Crippen LogP contribution in [-0.4, -0.2) is 22.6 Å². The number of hydrogen-bond acceptors (Lipinski definition) is 4. The van der Waals surface area contributed by atoms with Crippen molar-refractivity contribution in [2.45, 2.75) is 26.7 Å². The molecule has 0 fully saturated rings. The van der Waals surface area contributed by atoms with Crippen LogP contribution >= 0.6 is 0 Å². The van der Waals surface area contributed by atoms with Crippen LogP contribution in [0.2, 0.25) is 0 Å². The van der Waals surface area contributed by atoms with E-state index >= 15 is 0 Å². The van der Waals surface area contributed by atoms with Crippen LogP contribution in [0.1, 0.15) is 26.7 Å². The van der Waals surface area contributed by atoms with Gasteiger partial charge in [0, 0.05) is 26.0 Å². The van der Waals surface area contributed by atoms with Gasteiger partial charge in [-0.15, -0.1) is 0 Å². The molecule has 0 atom stereocenters. The quantitative estimate of drug-likeness (QED) is 0.774. The highest BCUT2D eigenvalue weighted by Crippen LogP contribution is 2.24. The molecule has 0 radical (unpaired) electrons. The average molecular weight is 238 g/mol. The van der Waals surface area contributed by atoms with Crippen molar-refractivity contribution in [1.82, 2.24) is 9.55 Å². The molecule has 1 rings (SSSR count). The second kappa shape index (κ2) is 5.82. The lowest BCUT2D eigenvalue weighted by molar-refractivity contribution is 0.294. The van der Waals surface area contributed by atoms with Crippen LogP contribution in [0.4, 0.5) is 5.82 Å². The summed E-state index contributed by atoms with van der Waals surface area (Å²) in [4.78, 5) is 15.8. The van der Waals surface area contributed by atoms with Crippen molar-refractivity contribution < 1.29 is 0 Å². The van der Waals surface area contributed by atoms with Gasteiger partial charge in [-0.25, -0.2) is 4.98 Å². The van der Waals surface area contributed by atoms with Gasteiger partial charge in [0.05, 0.1) is 0 Å².